The van der Waals surface area contributed by atoms with Crippen LogP contribution in [0.5, 0.6) is 0 Å². The van der Waals surface area contributed by atoms with Crippen molar-refractivity contribution >= 4 is 34.9 Å². The normalized spacial score (nSPS) is 14.8. The van der Waals surface area contributed by atoms with Crippen LogP contribution in [-0.4, -0.2) is 48.0 Å². The highest BCUT2D eigenvalue weighted by Crippen LogP contribution is 2.22. The first-order chi connectivity index (χ1) is 14.5. The van der Waals surface area contributed by atoms with Gasteiger partial charge in [-0.15, -0.1) is 0 Å². The Balaban J connectivity index is 1.61. The van der Waals surface area contributed by atoms with Crippen molar-refractivity contribution in [3.63, 3.8) is 0 Å². The van der Waals surface area contributed by atoms with E-state index in [1.54, 1.807) is 11.0 Å². The second-order valence-electron chi connectivity index (χ2n) is 7.31. The zero-order chi connectivity index (χ0) is 21.5. The summed E-state index contributed by atoms with van der Waals surface area (Å²) in [6, 6.07) is 9.26. The monoisotopic (exact) mass is 430 g/mol. The van der Waals surface area contributed by atoms with Crippen LogP contribution in [0.4, 0.5) is 11.5 Å². The predicted molar refractivity (Wildman–Crippen MR) is 118 cm³/mol. The first-order valence-electron chi connectivity index (χ1n) is 10.1. The third-order valence-corrected chi connectivity index (χ3v) is 5.39. The van der Waals surface area contributed by atoms with E-state index in [1.807, 2.05) is 38.1 Å². The molecule has 2 aromatic rings. The van der Waals surface area contributed by atoms with Crippen molar-refractivity contribution < 1.29 is 14.3 Å². The van der Waals surface area contributed by atoms with Crippen LogP contribution in [0, 0.1) is 5.92 Å². The molecule has 0 spiro atoms. The quantitative estimate of drug-likeness (QED) is 0.697. The van der Waals surface area contributed by atoms with Crippen molar-refractivity contribution in [3.05, 3.63) is 52.7 Å². The maximum absolute atomic E-state index is 12.6. The molecule has 0 saturated carbocycles. The molecule has 2 amide bonds. The molecule has 7 nitrogen and oxygen atoms in total. The minimum Gasteiger partial charge on any atom is -0.378 e. The number of anilines is 2. The Morgan fingerprint density at radius 3 is 2.73 bits per heavy atom. The largest absolute Gasteiger partial charge is 0.378 e. The number of nitrogens with zero attached hydrogens (tertiary/aromatic N) is 2. The summed E-state index contributed by atoms with van der Waals surface area (Å²) in [7, 11) is 0. The van der Waals surface area contributed by atoms with Gasteiger partial charge in [-0.05, 0) is 30.2 Å². The molecule has 1 unspecified atom stereocenters. The van der Waals surface area contributed by atoms with Gasteiger partial charge < -0.3 is 20.3 Å². The predicted octanol–water partition coefficient (Wildman–Crippen LogP) is 3.80. The molecule has 1 aromatic carbocycles. The Hall–Kier alpha value is -2.64. The fourth-order valence-electron chi connectivity index (χ4n) is 3.03. The number of carbonyl (C=O) groups excluding carboxylic acids is 2. The third kappa shape index (κ3) is 5.70. The van der Waals surface area contributed by atoms with Crippen molar-refractivity contribution in [2.24, 2.45) is 5.92 Å². The number of hydrogen-bond donors (Lipinski definition) is 2. The van der Waals surface area contributed by atoms with Gasteiger partial charge in [-0.3, -0.25) is 9.59 Å². The van der Waals surface area contributed by atoms with Gasteiger partial charge in [0.05, 0.1) is 23.8 Å². The fraction of sp³-hybridized carbons (Fsp3) is 0.409. The Morgan fingerprint density at radius 1 is 1.27 bits per heavy atom. The van der Waals surface area contributed by atoms with Gasteiger partial charge in [-0.25, -0.2) is 4.98 Å². The SMILES string of the molecule is CCC(C)C(=O)Nc1cccc(CNc2ncc(C(=O)N3CCOCC3)cc2Cl)c1. The van der Waals surface area contributed by atoms with E-state index in [0.29, 0.717) is 49.3 Å². The van der Waals surface area contributed by atoms with E-state index >= 15 is 0 Å². The summed E-state index contributed by atoms with van der Waals surface area (Å²) in [5.41, 5.74) is 2.19. The third-order valence-electron chi connectivity index (χ3n) is 5.10. The number of carbonyl (C=O) groups is 2. The number of morpholine rings is 1. The number of pyridine rings is 1. The molecular weight excluding hydrogens is 404 g/mol. The van der Waals surface area contributed by atoms with E-state index in [-0.39, 0.29) is 17.7 Å². The molecule has 8 heteroatoms. The Labute approximate surface area is 181 Å². The number of aromatic nitrogens is 1. The zero-order valence-corrected chi connectivity index (χ0v) is 18.0. The summed E-state index contributed by atoms with van der Waals surface area (Å²) in [5, 5.41) is 6.51. The van der Waals surface area contributed by atoms with Crippen LogP contribution in [0.25, 0.3) is 0 Å². The van der Waals surface area contributed by atoms with Crippen molar-refractivity contribution in [1.82, 2.24) is 9.88 Å². The van der Waals surface area contributed by atoms with E-state index < -0.39 is 0 Å². The minimum absolute atomic E-state index is 0.00726. The molecule has 2 heterocycles. The molecule has 1 saturated heterocycles. The van der Waals surface area contributed by atoms with E-state index in [1.165, 1.54) is 6.20 Å². The first-order valence-corrected chi connectivity index (χ1v) is 10.5. The van der Waals surface area contributed by atoms with Gasteiger partial charge in [0, 0.05) is 37.4 Å². The number of halogens is 1. The average Bonchev–Trinajstić information content (AvgIpc) is 2.78. The van der Waals surface area contributed by atoms with Crippen LogP contribution in [0.2, 0.25) is 5.02 Å². The summed E-state index contributed by atoms with van der Waals surface area (Å²) in [6.45, 7) is 6.60. The Bertz CT molecular complexity index is 900. The minimum atomic E-state index is -0.0935. The maximum atomic E-state index is 12.6. The van der Waals surface area contributed by atoms with Gasteiger partial charge >= 0.3 is 0 Å². The number of amides is 2. The number of hydrogen-bond acceptors (Lipinski definition) is 5. The number of rotatable bonds is 7. The zero-order valence-electron chi connectivity index (χ0n) is 17.3. The van der Waals surface area contributed by atoms with Crippen molar-refractivity contribution in [3.8, 4) is 0 Å². The Kier molecular flexibility index (Phi) is 7.65. The lowest BCUT2D eigenvalue weighted by atomic mass is 10.1. The molecule has 2 N–H and O–H groups in total. The van der Waals surface area contributed by atoms with Crippen LogP contribution >= 0.6 is 11.6 Å². The topological polar surface area (TPSA) is 83.6 Å². The lowest BCUT2D eigenvalue weighted by Crippen LogP contribution is -2.40. The smallest absolute Gasteiger partial charge is 0.255 e. The summed E-state index contributed by atoms with van der Waals surface area (Å²) in [6.07, 6.45) is 2.33. The first kappa shape index (κ1) is 22.1. The second-order valence-corrected chi connectivity index (χ2v) is 7.72. The molecule has 1 aliphatic rings. The number of benzene rings is 1. The second kappa shape index (κ2) is 10.4. The van der Waals surface area contributed by atoms with E-state index in [0.717, 1.165) is 17.7 Å². The van der Waals surface area contributed by atoms with Crippen LogP contribution in [0.3, 0.4) is 0 Å². The highest BCUT2D eigenvalue weighted by atomic mass is 35.5. The lowest BCUT2D eigenvalue weighted by molar-refractivity contribution is -0.119. The van der Waals surface area contributed by atoms with E-state index in [2.05, 4.69) is 15.6 Å². The summed E-state index contributed by atoms with van der Waals surface area (Å²) in [4.78, 5) is 30.7. The van der Waals surface area contributed by atoms with Crippen LogP contribution < -0.4 is 10.6 Å². The molecule has 3 rings (SSSR count). The van der Waals surface area contributed by atoms with Gasteiger partial charge in [0.1, 0.15) is 5.82 Å². The van der Waals surface area contributed by atoms with Crippen molar-refractivity contribution in [2.45, 2.75) is 26.8 Å². The van der Waals surface area contributed by atoms with Crippen LogP contribution in [-0.2, 0) is 16.1 Å². The highest BCUT2D eigenvalue weighted by molar-refractivity contribution is 6.33. The summed E-state index contributed by atoms with van der Waals surface area (Å²) in [5.74, 6) is 0.384. The van der Waals surface area contributed by atoms with Crippen molar-refractivity contribution in [2.75, 3.05) is 36.9 Å². The van der Waals surface area contributed by atoms with Gasteiger partial charge in [0.25, 0.3) is 5.91 Å². The standard InChI is InChI=1S/C22H27ClN4O3/c1-3-15(2)21(28)26-18-6-4-5-16(11-18)13-24-20-19(23)12-17(14-25-20)22(29)27-7-9-30-10-8-27/h4-6,11-12,14-15H,3,7-10,13H2,1-2H3,(H,24,25)(H,26,28). The van der Waals surface area contributed by atoms with Gasteiger partial charge in [-0.1, -0.05) is 37.6 Å². The van der Waals surface area contributed by atoms with Gasteiger partial charge in [-0.2, -0.15) is 0 Å². The molecular formula is C22H27ClN4O3. The molecule has 1 fully saturated rings. The molecule has 1 atom stereocenters. The maximum Gasteiger partial charge on any atom is 0.255 e. The lowest BCUT2D eigenvalue weighted by Gasteiger charge is -2.26. The molecule has 0 bridgehead atoms. The molecule has 30 heavy (non-hydrogen) atoms. The van der Waals surface area contributed by atoms with Crippen molar-refractivity contribution in [1.29, 1.82) is 0 Å². The fourth-order valence-corrected chi connectivity index (χ4v) is 3.26. The Morgan fingerprint density at radius 2 is 2.03 bits per heavy atom. The van der Waals surface area contributed by atoms with Crippen LogP contribution in [0.15, 0.2) is 36.5 Å². The van der Waals surface area contributed by atoms with E-state index in [9.17, 15) is 9.59 Å². The van der Waals surface area contributed by atoms with Gasteiger partial charge in [0.2, 0.25) is 5.91 Å². The highest BCUT2D eigenvalue weighted by Gasteiger charge is 2.19. The van der Waals surface area contributed by atoms with Gasteiger partial charge in [0.15, 0.2) is 0 Å². The van der Waals surface area contributed by atoms with E-state index in [4.69, 9.17) is 16.3 Å². The number of nitrogens with one attached hydrogen (secondary N) is 2. The summed E-state index contributed by atoms with van der Waals surface area (Å²) >= 11 is 6.35. The van der Waals surface area contributed by atoms with Crippen LogP contribution in [0.1, 0.15) is 36.2 Å². The molecule has 1 aliphatic heterocycles. The average molecular weight is 431 g/mol. The number of ether oxygens (including phenoxy) is 1. The molecule has 0 aliphatic carbocycles. The molecule has 1 aromatic heterocycles. The molecule has 0 radical (unpaired) electrons. The molecule has 160 valence electrons. The summed E-state index contributed by atoms with van der Waals surface area (Å²) < 4.78 is 5.28.